The number of rotatable bonds is 5. The fourth-order valence-corrected chi connectivity index (χ4v) is 3.76. The molecule has 0 aliphatic carbocycles. The summed E-state index contributed by atoms with van der Waals surface area (Å²) in [7, 11) is 0. The van der Waals surface area contributed by atoms with Crippen LogP contribution in [0.5, 0.6) is 0 Å². The van der Waals surface area contributed by atoms with Gasteiger partial charge in [-0.2, -0.15) is 10.2 Å². The lowest BCUT2D eigenvalue weighted by Crippen LogP contribution is -2.17. The van der Waals surface area contributed by atoms with E-state index in [1.54, 1.807) is 24.4 Å². The Morgan fingerprint density at radius 1 is 1.19 bits per heavy atom. The Morgan fingerprint density at radius 3 is 2.78 bits per heavy atom. The van der Waals surface area contributed by atoms with Gasteiger partial charge in [-0.15, -0.1) is 0 Å². The molecule has 2 heterocycles. The van der Waals surface area contributed by atoms with Gasteiger partial charge in [-0.3, -0.25) is 4.79 Å². The van der Waals surface area contributed by atoms with Crippen LogP contribution in [0.4, 0.5) is 22.5 Å². The number of aryl methyl sites for hydroxylation is 1. The largest absolute Gasteiger partial charge is 0.375 e. The fourth-order valence-electron chi connectivity index (χ4n) is 3.08. The van der Waals surface area contributed by atoms with Crippen molar-refractivity contribution in [3.05, 3.63) is 65.4 Å². The summed E-state index contributed by atoms with van der Waals surface area (Å²) >= 11 is 1.29. The smallest absolute Gasteiger partial charge is 0.255 e. The number of nitrogen functional groups attached to an aromatic ring is 1. The normalized spacial score (nSPS) is 11.2. The topological polar surface area (TPSA) is 130 Å². The van der Waals surface area contributed by atoms with E-state index in [1.165, 1.54) is 11.3 Å². The van der Waals surface area contributed by atoms with Gasteiger partial charge in [0.05, 0.1) is 17.7 Å². The molecular formula is C23H21N7OS. The minimum atomic E-state index is -0.679. The van der Waals surface area contributed by atoms with E-state index in [1.807, 2.05) is 45.0 Å². The van der Waals surface area contributed by atoms with Crippen molar-refractivity contribution in [2.75, 3.05) is 16.4 Å². The van der Waals surface area contributed by atoms with Crippen molar-refractivity contribution >= 4 is 50.0 Å². The molecule has 4 N–H and O–H groups in total. The van der Waals surface area contributed by atoms with Crippen molar-refractivity contribution in [2.24, 2.45) is 0 Å². The third kappa shape index (κ3) is 4.36. The zero-order chi connectivity index (χ0) is 22.9. The maximum Gasteiger partial charge on any atom is 0.255 e. The molecule has 32 heavy (non-hydrogen) atoms. The van der Waals surface area contributed by atoms with Gasteiger partial charge in [0.25, 0.3) is 5.91 Å². The third-order valence-electron chi connectivity index (χ3n) is 5.04. The minimum Gasteiger partial charge on any atom is -0.375 e. The number of nitrogens with two attached hydrogens (primary N) is 1. The van der Waals surface area contributed by atoms with E-state index in [0.717, 1.165) is 16.8 Å². The zero-order valence-corrected chi connectivity index (χ0v) is 18.6. The Morgan fingerprint density at radius 2 is 2.00 bits per heavy atom. The van der Waals surface area contributed by atoms with Crippen molar-refractivity contribution in [1.82, 2.24) is 15.0 Å². The van der Waals surface area contributed by atoms with Crippen LogP contribution in [-0.2, 0) is 5.41 Å². The molecule has 0 saturated carbocycles. The summed E-state index contributed by atoms with van der Waals surface area (Å²) in [4.78, 5) is 26.4. The number of hydrogen-bond donors (Lipinski definition) is 3. The van der Waals surface area contributed by atoms with Gasteiger partial charge in [0, 0.05) is 16.9 Å². The Bertz CT molecular complexity index is 1370. The number of thiazole rings is 1. The first-order chi connectivity index (χ1) is 15.2. The van der Waals surface area contributed by atoms with E-state index in [9.17, 15) is 10.1 Å². The van der Waals surface area contributed by atoms with E-state index in [0.29, 0.717) is 32.7 Å². The standard InChI is InChI=1S/C23H21N7OS/c1-13-7-8-16(27-19(31)14-5-4-6-15(9-14)23(2,3)12-24)10-17(13)29-22-26-11-18-20(30-22)32-21(25)28-18/h4-11H,1-3H3,(H2,25,28)(H,27,31)(H,26,29,30). The zero-order valence-electron chi connectivity index (χ0n) is 17.8. The highest BCUT2D eigenvalue weighted by Gasteiger charge is 2.21. The molecule has 0 radical (unpaired) electrons. The number of amides is 1. The third-order valence-corrected chi connectivity index (χ3v) is 5.83. The molecule has 0 spiro atoms. The first kappa shape index (κ1) is 21.2. The first-order valence-corrected chi connectivity index (χ1v) is 10.7. The summed E-state index contributed by atoms with van der Waals surface area (Å²) in [6.45, 7) is 5.59. The Kier molecular flexibility index (Phi) is 5.47. The lowest BCUT2D eigenvalue weighted by Gasteiger charge is -2.17. The van der Waals surface area contributed by atoms with E-state index in [-0.39, 0.29) is 5.91 Å². The molecule has 9 heteroatoms. The molecule has 0 fully saturated rings. The summed E-state index contributed by atoms with van der Waals surface area (Å²) in [5.41, 5.74) is 9.33. The van der Waals surface area contributed by atoms with Gasteiger partial charge >= 0.3 is 0 Å². The predicted octanol–water partition coefficient (Wildman–Crippen LogP) is 4.77. The highest BCUT2D eigenvalue weighted by atomic mass is 32.1. The molecule has 2 aromatic carbocycles. The molecule has 2 aromatic heterocycles. The van der Waals surface area contributed by atoms with Crippen LogP contribution in [0.2, 0.25) is 0 Å². The molecule has 0 aliphatic rings. The second-order valence-electron chi connectivity index (χ2n) is 7.86. The maximum atomic E-state index is 12.8. The molecule has 4 aromatic rings. The number of hydrogen-bond acceptors (Lipinski definition) is 8. The number of carbonyl (C=O) groups is 1. The van der Waals surface area contributed by atoms with Crippen molar-refractivity contribution in [3.63, 3.8) is 0 Å². The summed E-state index contributed by atoms with van der Waals surface area (Å²) in [5.74, 6) is 0.160. The van der Waals surface area contributed by atoms with E-state index in [2.05, 4.69) is 31.7 Å². The quantitative estimate of drug-likeness (QED) is 0.405. The molecule has 8 nitrogen and oxygen atoms in total. The lowest BCUT2D eigenvalue weighted by molar-refractivity contribution is 0.102. The molecule has 0 atom stereocenters. The van der Waals surface area contributed by atoms with Crippen LogP contribution in [0.1, 0.15) is 35.3 Å². The molecular weight excluding hydrogens is 422 g/mol. The molecule has 0 unspecified atom stereocenters. The van der Waals surface area contributed by atoms with Crippen LogP contribution in [-0.4, -0.2) is 20.9 Å². The number of nitrogens with zero attached hydrogens (tertiary/aromatic N) is 4. The number of aromatic nitrogens is 3. The molecule has 0 saturated heterocycles. The Hall–Kier alpha value is -4.03. The SMILES string of the molecule is Cc1ccc(NC(=O)c2cccc(C(C)(C)C#N)c2)cc1Nc1ncc2nc(N)sc2n1. The van der Waals surface area contributed by atoms with Crippen LogP contribution in [0.3, 0.4) is 0 Å². The van der Waals surface area contributed by atoms with Crippen LogP contribution in [0, 0.1) is 18.3 Å². The van der Waals surface area contributed by atoms with Gasteiger partial charge in [-0.05, 0) is 56.2 Å². The number of nitrogens with one attached hydrogen (secondary N) is 2. The average Bonchev–Trinajstić information content (AvgIpc) is 3.15. The lowest BCUT2D eigenvalue weighted by atomic mass is 9.85. The molecule has 0 aliphatic heterocycles. The highest BCUT2D eigenvalue weighted by molar-refractivity contribution is 7.21. The van der Waals surface area contributed by atoms with Gasteiger partial charge < -0.3 is 16.4 Å². The monoisotopic (exact) mass is 443 g/mol. The highest BCUT2D eigenvalue weighted by Crippen LogP contribution is 2.27. The Balaban J connectivity index is 1.55. The Labute approximate surface area is 189 Å². The van der Waals surface area contributed by atoms with Gasteiger partial charge in [-0.25, -0.2) is 9.97 Å². The second-order valence-corrected chi connectivity index (χ2v) is 8.87. The molecule has 0 bridgehead atoms. The first-order valence-electron chi connectivity index (χ1n) is 9.85. The van der Waals surface area contributed by atoms with Crippen LogP contribution in [0.15, 0.2) is 48.7 Å². The average molecular weight is 444 g/mol. The second kappa shape index (κ2) is 8.24. The van der Waals surface area contributed by atoms with Gasteiger partial charge in [0.2, 0.25) is 5.95 Å². The van der Waals surface area contributed by atoms with Gasteiger partial charge in [0.15, 0.2) is 9.96 Å². The molecule has 1 amide bonds. The van der Waals surface area contributed by atoms with E-state index < -0.39 is 5.41 Å². The van der Waals surface area contributed by atoms with Crippen molar-refractivity contribution in [1.29, 1.82) is 5.26 Å². The minimum absolute atomic E-state index is 0.256. The summed E-state index contributed by atoms with van der Waals surface area (Å²) in [6.07, 6.45) is 1.62. The summed E-state index contributed by atoms with van der Waals surface area (Å²) < 4.78 is 0. The van der Waals surface area contributed by atoms with Gasteiger partial charge in [0.1, 0.15) is 5.52 Å². The van der Waals surface area contributed by atoms with Gasteiger partial charge in [-0.1, -0.05) is 29.5 Å². The van der Waals surface area contributed by atoms with Crippen LogP contribution < -0.4 is 16.4 Å². The maximum absolute atomic E-state index is 12.8. The summed E-state index contributed by atoms with van der Waals surface area (Å²) in [5, 5.41) is 15.9. The number of benzene rings is 2. The van der Waals surface area contributed by atoms with E-state index in [4.69, 9.17) is 5.73 Å². The predicted molar refractivity (Wildman–Crippen MR) is 127 cm³/mol. The van der Waals surface area contributed by atoms with Crippen LogP contribution in [0.25, 0.3) is 10.3 Å². The van der Waals surface area contributed by atoms with Crippen LogP contribution >= 0.6 is 11.3 Å². The van der Waals surface area contributed by atoms with Crippen molar-refractivity contribution in [3.8, 4) is 6.07 Å². The fraction of sp³-hybridized carbons (Fsp3) is 0.174. The van der Waals surface area contributed by atoms with Crippen molar-refractivity contribution in [2.45, 2.75) is 26.2 Å². The molecule has 4 rings (SSSR count). The number of nitriles is 1. The van der Waals surface area contributed by atoms with Crippen molar-refractivity contribution < 1.29 is 4.79 Å². The van der Waals surface area contributed by atoms with E-state index >= 15 is 0 Å². The molecule has 160 valence electrons. The summed E-state index contributed by atoms with van der Waals surface area (Å²) in [6, 6.07) is 14.9. The number of carbonyl (C=O) groups excluding carboxylic acids is 1. The number of fused-ring (bicyclic) bond motifs is 1. The number of anilines is 4.